The molecule has 0 saturated carbocycles. The van der Waals surface area contributed by atoms with Crippen molar-refractivity contribution in [2.75, 3.05) is 0 Å². The van der Waals surface area contributed by atoms with Crippen LogP contribution in [0, 0.1) is 0 Å². The number of benzene rings is 4. The Bertz CT molecular complexity index is 1030. The summed E-state index contributed by atoms with van der Waals surface area (Å²) in [6.07, 6.45) is 0. The maximum absolute atomic E-state index is 3.84. The van der Waals surface area contributed by atoms with Crippen molar-refractivity contribution in [3.63, 3.8) is 0 Å². The Morgan fingerprint density at radius 3 is 1.06 bits per heavy atom. The smallest absolute Gasteiger partial charge is 0.303 e. The molecule has 0 radical (unpaired) electrons. The van der Waals surface area contributed by atoms with Gasteiger partial charge in [0.25, 0.3) is 0 Å². The van der Waals surface area contributed by atoms with Crippen LogP contribution in [0.1, 0.15) is 22.3 Å². The highest BCUT2D eigenvalue weighted by molar-refractivity contribution is 7.57. The molecule has 34 heavy (non-hydrogen) atoms. The van der Waals surface area contributed by atoms with Crippen LogP contribution < -0.4 is 32.4 Å². The zero-order valence-corrected chi connectivity index (χ0v) is 20.9. The topological polar surface area (TPSA) is 50.1 Å². The molecule has 4 nitrogen and oxygen atoms in total. The third-order valence-electron chi connectivity index (χ3n) is 5.45. The molecule has 0 saturated heterocycles. The molecule has 0 aliphatic heterocycles. The van der Waals surface area contributed by atoms with E-state index in [2.05, 4.69) is 141 Å². The van der Waals surface area contributed by atoms with Crippen molar-refractivity contribution in [3.05, 3.63) is 144 Å². The molecule has 0 atom stereocenters. The summed E-state index contributed by atoms with van der Waals surface area (Å²) in [5.41, 5.74) is 5.02. The van der Waals surface area contributed by atoms with Crippen molar-refractivity contribution in [2.24, 2.45) is 0 Å². The standard InChI is InChI=1S/C28H31N4P.ClH/c1-5-13-25(14-6-1)21-29-33(30-22-26-15-7-2-8-16-26,31-23-27-17-9-3-10-18-27)32-24-28-19-11-4-12-20-28;/h1-20H,21-24H2,(H3,29,30,31,32);1H. The zero-order chi connectivity index (χ0) is 22.6. The van der Waals surface area contributed by atoms with E-state index in [1.54, 1.807) is 0 Å². The summed E-state index contributed by atoms with van der Waals surface area (Å²) in [6.45, 7) is 3.06. The zero-order valence-electron chi connectivity index (χ0n) is 19.2. The molecule has 4 N–H and O–H groups in total. The number of hydrogen-bond acceptors (Lipinski definition) is 0. The van der Waals surface area contributed by atoms with Crippen LogP contribution in [0.3, 0.4) is 0 Å². The fraction of sp³-hybridized carbons (Fsp3) is 0.143. The average Bonchev–Trinajstić information content (AvgIpc) is 2.90. The largest absolute Gasteiger partial charge is 1.00 e. The van der Waals surface area contributed by atoms with E-state index in [4.69, 9.17) is 0 Å². The monoisotopic (exact) mass is 490 g/mol. The van der Waals surface area contributed by atoms with E-state index in [9.17, 15) is 0 Å². The van der Waals surface area contributed by atoms with Crippen molar-refractivity contribution in [2.45, 2.75) is 26.2 Å². The molecule has 6 heteroatoms. The number of hydrogen-bond donors (Lipinski definition) is 4. The van der Waals surface area contributed by atoms with Gasteiger partial charge in [0.15, 0.2) is 6.54 Å². The summed E-state index contributed by atoms with van der Waals surface area (Å²) >= 11 is 0. The Hall–Kier alpha value is -2.72. The predicted molar refractivity (Wildman–Crippen MR) is 138 cm³/mol. The molecule has 4 aromatic carbocycles. The predicted octanol–water partition coefficient (Wildman–Crippen LogP) is 1.59. The molecule has 0 aliphatic carbocycles. The van der Waals surface area contributed by atoms with Crippen molar-refractivity contribution in [1.29, 1.82) is 0 Å². The van der Waals surface area contributed by atoms with Crippen LogP contribution >= 0.6 is 7.51 Å². The van der Waals surface area contributed by atoms with Gasteiger partial charge >= 0.3 is 7.51 Å². The quantitative estimate of drug-likeness (QED) is 0.242. The first kappa shape index (κ1) is 25.9. The summed E-state index contributed by atoms with van der Waals surface area (Å²) in [7, 11) is -2.16. The summed E-state index contributed by atoms with van der Waals surface area (Å²) in [5.74, 6) is 0. The second kappa shape index (κ2) is 13.9. The van der Waals surface area contributed by atoms with E-state index in [0.29, 0.717) is 0 Å². The van der Waals surface area contributed by atoms with Crippen LogP contribution in [-0.4, -0.2) is 0 Å². The lowest BCUT2D eigenvalue weighted by molar-refractivity contribution is -0.457. The fourth-order valence-corrected chi connectivity index (χ4v) is 5.91. The second-order valence-electron chi connectivity index (χ2n) is 7.95. The van der Waals surface area contributed by atoms with E-state index in [0.717, 1.165) is 26.2 Å². The molecule has 0 aliphatic rings. The molecule has 0 aromatic heterocycles. The Morgan fingerprint density at radius 2 is 0.735 bits per heavy atom. The Balaban J connectivity index is 0.00000324. The number of rotatable bonds is 11. The van der Waals surface area contributed by atoms with Gasteiger partial charge in [-0.25, -0.2) is 20.0 Å². The summed E-state index contributed by atoms with van der Waals surface area (Å²) in [5, 5.41) is 11.5. The highest BCUT2D eigenvalue weighted by Gasteiger charge is 2.25. The molecule has 0 spiro atoms. The van der Waals surface area contributed by atoms with Crippen molar-refractivity contribution < 1.29 is 17.2 Å². The van der Waals surface area contributed by atoms with E-state index in [-0.39, 0.29) is 12.4 Å². The van der Waals surface area contributed by atoms with Gasteiger partial charge in [-0.3, -0.25) is 0 Å². The van der Waals surface area contributed by atoms with Crippen LogP contribution in [0.15, 0.2) is 121 Å². The maximum atomic E-state index is 3.84. The van der Waals surface area contributed by atoms with Gasteiger partial charge in [-0.05, 0) is 16.7 Å². The SMILES string of the molecule is [Cl-].c1ccc(CNP(NCc2ccccc2)(NCc2ccccc2)=[NH+]Cc2ccccc2)cc1. The minimum absolute atomic E-state index is 0. The molecular weight excluding hydrogens is 459 g/mol. The average molecular weight is 491 g/mol. The minimum Gasteiger partial charge on any atom is -1.00 e. The first-order valence-corrected chi connectivity index (χ1v) is 13.2. The van der Waals surface area contributed by atoms with E-state index in [1.165, 1.54) is 22.3 Å². The first-order valence-electron chi connectivity index (χ1n) is 11.4. The number of nitrogens with one attached hydrogen (secondary N) is 4. The van der Waals surface area contributed by atoms with E-state index in [1.807, 2.05) is 0 Å². The molecule has 0 heterocycles. The minimum atomic E-state index is -2.16. The van der Waals surface area contributed by atoms with Gasteiger partial charge in [-0.1, -0.05) is 121 Å². The van der Waals surface area contributed by atoms with Crippen molar-refractivity contribution >= 4 is 7.51 Å². The Morgan fingerprint density at radius 1 is 0.441 bits per heavy atom. The second-order valence-corrected chi connectivity index (χ2v) is 10.6. The lowest BCUT2D eigenvalue weighted by Gasteiger charge is -2.23. The maximum Gasteiger partial charge on any atom is 0.303 e. The van der Waals surface area contributed by atoms with Crippen LogP contribution in [0.5, 0.6) is 0 Å². The van der Waals surface area contributed by atoms with Gasteiger partial charge in [-0.15, -0.1) is 0 Å². The molecule has 4 aromatic rings. The molecule has 0 unspecified atom stereocenters. The lowest BCUT2D eigenvalue weighted by atomic mass is 10.2. The van der Waals surface area contributed by atoms with Crippen LogP contribution in [0.4, 0.5) is 0 Å². The van der Waals surface area contributed by atoms with E-state index < -0.39 is 7.51 Å². The van der Waals surface area contributed by atoms with Crippen LogP contribution in [-0.2, 0) is 26.2 Å². The van der Waals surface area contributed by atoms with Crippen molar-refractivity contribution in [3.8, 4) is 0 Å². The number of halogens is 1. The van der Waals surface area contributed by atoms with Crippen LogP contribution in [0.2, 0.25) is 0 Å². The highest BCUT2D eigenvalue weighted by Crippen LogP contribution is 2.29. The fourth-order valence-electron chi connectivity index (χ4n) is 3.56. The molecule has 0 fully saturated rings. The summed E-state index contributed by atoms with van der Waals surface area (Å²) in [6, 6.07) is 42.2. The molecule has 0 bridgehead atoms. The molecular formula is C28H32ClN4P. The Kier molecular flexibility index (Phi) is 10.6. The van der Waals surface area contributed by atoms with Crippen molar-refractivity contribution in [1.82, 2.24) is 15.3 Å². The van der Waals surface area contributed by atoms with Gasteiger partial charge in [0.05, 0.1) is 0 Å². The van der Waals surface area contributed by atoms with Gasteiger partial charge in [0.1, 0.15) is 0 Å². The van der Waals surface area contributed by atoms with Gasteiger partial charge in [0.2, 0.25) is 0 Å². The van der Waals surface area contributed by atoms with Gasteiger partial charge in [-0.2, -0.15) is 0 Å². The highest BCUT2D eigenvalue weighted by atomic mass is 35.5. The molecule has 0 amide bonds. The summed E-state index contributed by atoms with van der Waals surface area (Å²) < 4.78 is 3.84. The lowest BCUT2D eigenvalue weighted by Crippen LogP contribution is -3.00. The molecule has 176 valence electrons. The third kappa shape index (κ3) is 8.25. The first-order chi connectivity index (χ1) is 16.3. The van der Waals surface area contributed by atoms with Gasteiger partial charge < -0.3 is 12.4 Å². The Labute approximate surface area is 209 Å². The van der Waals surface area contributed by atoms with Gasteiger partial charge in [0, 0.05) is 25.2 Å². The normalized spacial score (nSPS) is 10.9. The van der Waals surface area contributed by atoms with E-state index >= 15 is 0 Å². The van der Waals surface area contributed by atoms with Crippen LogP contribution in [0.25, 0.3) is 0 Å². The third-order valence-corrected chi connectivity index (χ3v) is 7.98. The molecule has 4 rings (SSSR count). The summed E-state index contributed by atoms with van der Waals surface area (Å²) in [4.78, 5) is 0.